The van der Waals surface area contributed by atoms with Crippen molar-refractivity contribution in [3.05, 3.63) is 16.1 Å². The summed E-state index contributed by atoms with van der Waals surface area (Å²) in [5.41, 5.74) is 0.189. The molecule has 0 bridgehead atoms. The molecule has 0 atom stereocenters. The maximum atomic E-state index is 4.50. The first-order valence-corrected chi connectivity index (χ1v) is 7.53. The van der Waals surface area contributed by atoms with Gasteiger partial charge in [0.25, 0.3) is 0 Å². The van der Waals surface area contributed by atoms with Gasteiger partial charge in [-0.25, -0.2) is 4.98 Å². The molecule has 1 aliphatic carbocycles. The summed E-state index contributed by atoms with van der Waals surface area (Å²) in [5.74, 6) is 1.06. The van der Waals surface area contributed by atoms with E-state index in [1.807, 2.05) is 17.5 Å². The van der Waals surface area contributed by atoms with Gasteiger partial charge < -0.3 is 5.32 Å². The molecule has 0 aromatic carbocycles. The molecule has 1 N–H and O–H groups in total. The molecule has 1 aliphatic rings. The molecule has 0 aliphatic heterocycles. The highest BCUT2D eigenvalue weighted by Crippen LogP contribution is 2.33. The van der Waals surface area contributed by atoms with Crippen LogP contribution in [0.2, 0.25) is 0 Å². The van der Waals surface area contributed by atoms with Crippen molar-refractivity contribution in [2.75, 3.05) is 6.54 Å². The van der Waals surface area contributed by atoms with Crippen molar-refractivity contribution in [1.82, 2.24) is 10.3 Å². The van der Waals surface area contributed by atoms with E-state index in [-0.39, 0.29) is 5.41 Å². The van der Waals surface area contributed by atoms with Crippen LogP contribution in [0.15, 0.2) is 6.20 Å². The zero-order valence-corrected chi connectivity index (χ0v) is 12.1. The van der Waals surface area contributed by atoms with Crippen molar-refractivity contribution < 1.29 is 0 Å². The molecule has 17 heavy (non-hydrogen) atoms. The van der Waals surface area contributed by atoms with Crippen molar-refractivity contribution in [3.63, 3.8) is 0 Å². The van der Waals surface area contributed by atoms with Crippen molar-refractivity contribution >= 4 is 11.3 Å². The number of hydrogen-bond acceptors (Lipinski definition) is 3. The Balaban J connectivity index is 1.66. The summed E-state index contributed by atoms with van der Waals surface area (Å²) in [6, 6.07) is 0. The minimum absolute atomic E-state index is 0.189. The molecule has 0 unspecified atom stereocenters. The van der Waals surface area contributed by atoms with E-state index < -0.39 is 0 Å². The summed E-state index contributed by atoms with van der Waals surface area (Å²) in [6.45, 7) is 8.80. The minimum atomic E-state index is 0.189. The number of nitrogens with one attached hydrogen (secondary N) is 1. The first kappa shape index (κ1) is 13.0. The molecule has 3 heteroatoms. The summed E-state index contributed by atoms with van der Waals surface area (Å²) in [5, 5.41) is 4.76. The maximum Gasteiger partial charge on any atom is 0.0981 e. The topological polar surface area (TPSA) is 24.9 Å². The molecule has 1 fully saturated rings. The Morgan fingerprint density at radius 2 is 2.18 bits per heavy atom. The summed E-state index contributed by atoms with van der Waals surface area (Å²) in [6.07, 6.45) is 7.73. The Morgan fingerprint density at radius 3 is 2.76 bits per heavy atom. The lowest BCUT2D eigenvalue weighted by atomic mass is 9.98. The van der Waals surface area contributed by atoms with E-state index in [1.54, 1.807) is 0 Å². The molecular formula is C14H24N2S. The first-order chi connectivity index (χ1) is 8.05. The molecule has 0 amide bonds. The Morgan fingerprint density at radius 1 is 1.41 bits per heavy atom. The van der Waals surface area contributed by atoms with Gasteiger partial charge in [0.2, 0.25) is 0 Å². The van der Waals surface area contributed by atoms with Gasteiger partial charge in [-0.15, -0.1) is 11.3 Å². The SMILES string of the molecule is CC(C)(C)c1ncc(CNCCCC2CC2)s1. The predicted molar refractivity (Wildman–Crippen MR) is 74.5 cm³/mol. The second-order valence-electron chi connectivity index (χ2n) is 6.14. The van der Waals surface area contributed by atoms with Crippen LogP contribution in [0.4, 0.5) is 0 Å². The van der Waals surface area contributed by atoms with E-state index in [2.05, 4.69) is 31.1 Å². The van der Waals surface area contributed by atoms with Crippen LogP contribution in [0.1, 0.15) is 56.3 Å². The van der Waals surface area contributed by atoms with Gasteiger partial charge in [0.05, 0.1) is 5.01 Å². The Labute approximate surface area is 109 Å². The largest absolute Gasteiger partial charge is 0.312 e. The highest BCUT2D eigenvalue weighted by molar-refractivity contribution is 7.11. The summed E-state index contributed by atoms with van der Waals surface area (Å²) in [4.78, 5) is 5.87. The smallest absolute Gasteiger partial charge is 0.0981 e. The third-order valence-electron chi connectivity index (χ3n) is 3.16. The fourth-order valence-corrected chi connectivity index (χ4v) is 2.81. The second kappa shape index (κ2) is 5.49. The minimum Gasteiger partial charge on any atom is -0.312 e. The lowest BCUT2D eigenvalue weighted by Crippen LogP contribution is -2.14. The number of rotatable bonds is 6. The van der Waals surface area contributed by atoms with Gasteiger partial charge in [-0.05, 0) is 25.3 Å². The van der Waals surface area contributed by atoms with Crippen LogP contribution in [0.25, 0.3) is 0 Å². The Bertz CT molecular complexity index is 347. The van der Waals surface area contributed by atoms with E-state index in [1.165, 1.54) is 35.6 Å². The molecule has 1 saturated carbocycles. The zero-order chi connectivity index (χ0) is 12.3. The molecule has 1 aromatic rings. The van der Waals surface area contributed by atoms with E-state index in [0.717, 1.165) is 19.0 Å². The van der Waals surface area contributed by atoms with Gasteiger partial charge in [-0.1, -0.05) is 33.6 Å². The highest BCUT2D eigenvalue weighted by Gasteiger charge is 2.20. The van der Waals surface area contributed by atoms with Gasteiger partial charge >= 0.3 is 0 Å². The first-order valence-electron chi connectivity index (χ1n) is 6.71. The van der Waals surface area contributed by atoms with Crippen LogP contribution in [-0.2, 0) is 12.0 Å². The highest BCUT2D eigenvalue weighted by atomic mass is 32.1. The van der Waals surface area contributed by atoms with Crippen LogP contribution >= 0.6 is 11.3 Å². The van der Waals surface area contributed by atoms with E-state index in [0.29, 0.717) is 0 Å². The standard InChI is InChI=1S/C14H24N2S/c1-14(2,3)13-16-10-12(17-13)9-15-8-4-5-11-6-7-11/h10-11,15H,4-9H2,1-3H3. The molecular weight excluding hydrogens is 228 g/mol. The van der Waals surface area contributed by atoms with E-state index >= 15 is 0 Å². The quantitative estimate of drug-likeness (QED) is 0.781. The Hall–Kier alpha value is -0.410. The third-order valence-corrected chi connectivity index (χ3v) is 4.58. The van der Waals surface area contributed by atoms with Crippen molar-refractivity contribution in [2.24, 2.45) is 5.92 Å². The van der Waals surface area contributed by atoms with Crippen LogP contribution in [0.5, 0.6) is 0 Å². The predicted octanol–water partition coefficient (Wildman–Crippen LogP) is 3.72. The lowest BCUT2D eigenvalue weighted by Gasteiger charge is -2.13. The molecule has 0 radical (unpaired) electrons. The maximum absolute atomic E-state index is 4.50. The number of aromatic nitrogens is 1. The van der Waals surface area contributed by atoms with Gasteiger partial charge in [0, 0.05) is 23.0 Å². The van der Waals surface area contributed by atoms with Crippen LogP contribution in [-0.4, -0.2) is 11.5 Å². The monoisotopic (exact) mass is 252 g/mol. The van der Waals surface area contributed by atoms with Crippen LogP contribution in [0, 0.1) is 5.92 Å². The van der Waals surface area contributed by atoms with Crippen LogP contribution in [0.3, 0.4) is 0 Å². The summed E-state index contributed by atoms with van der Waals surface area (Å²) in [7, 11) is 0. The van der Waals surface area contributed by atoms with Crippen molar-refractivity contribution in [3.8, 4) is 0 Å². The summed E-state index contributed by atoms with van der Waals surface area (Å²) < 4.78 is 0. The van der Waals surface area contributed by atoms with E-state index in [9.17, 15) is 0 Å². The van der Waals surface area contributed by atoms with Crippen molar-refractivity contribution in [2.45, 2.75) is 58.4 Å². The zero-order valence-electron chi connectivity index (χ0n) is 11.3. The average molecular weight is 252 g/mol. The van der Waals surface area contributed by atoms with E-state index in [4.69, 9.17) is 0 Å². The van der Waals surface area contributed by atoms with Gasteiger partial charge in [0.1, 0.15) is 0 Å². The fraction of sp³-hybridized carbons (Fsp3) is 0.786. The second-order valence-corrected chi connectivity index (χ2v) is 7.26. The van der Waals surface area contributed by atoms with Crippen molar-refractivity contribution in [1.29, 1.82) is 0 Å². The van der Waals surface area contributed by atoms with Crippen LogP contribution < -0.4 is 5.32 Å². The average Bonchev–Trinajstić information content (AvgIpc) is 2.92. The number of thiazole rings is 1. The molecule has 2 rings (SSSR count). The fourth-order valence-electron chi connectivity index (χ4n) is 1.87. The third kappa shape index (κ3) is 4.40. The number of hydrogen-bond donors (Lipinski definition) is 1. The molecule has 1 aromatic heterocycles. The lowest BCUT2D eigenvalue weighted by molar-refractivity contribution is 0.585. The summed E-state index contributed by atoms with van der Waals surface area (Å²) >= 11 is 1.84. The van der Waals surface area contributed by atoms with Gasteiger partial charge in [-0.2, -0.15) is 0 Å². The normalized spacial score (nSPS) is 16.4. The number of nitrogens with zero attached hydrogens (tertiary/aromatic N) is 1. The molecule has 96 valence electrons. The molecule has 0 saturated heterocycles. The van der Waals surface area contributed by atoms with Gasteiger partial charge in [-0.3, -0.25) is 0 Å². The van der Waals surface area contributed by atoms with Gasteiger partial charge in [0.15, 0.2) is 0 Å². The molecule has 0 spiro atoms. The molecule has 2 nitrogen and oxygen atoms in total. The molecule has 1 heterocycles. The Kier molecular flexibility index (Phi) is 4.21.